The monoisotopic (exact) mass is 187 g/mol. The Balaban J connectivity index is 3.53. The van der Waals surface area contributed by atoms with Crippen molar-refractivity contribution in [2.75, 3.05) is 0 Å². The average Bonchev–Trinajstić information content (AvgIpc) is 2.16. The fourth-order valence-corrected chi connectivity index (χ4v) is 1.63. The lowest BCUT2D eigenvalue weighted by atomic mass is 9.94. The summed E-state index contributed by atoms with van der Waals surface area (Å²) in [6, 6.07) is 5.93. The first kappa shape index (κ1) is 10.5. The summed E-state index contributed by atoms with van der Waals surface area (Å²) in [7, 11) is 0. The van der Waals surface area contributed by atoms with Gasteiger partial charge in [-0.05, 0) is 31.4 Å². The van der Waals surface area contributed by atoms with Gasteiger partial charge in [-0.3, -0.25) is 4.79 Å². The number of nitrogens with zero attached hydrogens (tertiary/aromatic N) is 1. The first-order valence-electron chi connectivity index (χ1n) is 4.65. The molecule has 0 spiro atoms. The van der Waals surface area contributed by atoms with Gasteiger partial charge < -0.3 is 0 Å². The maximum atomic E-state index is 11.4. The molecule has 0 saturated heterocycles. The van der Waals surface area contributed by atoms with Crippen LogP contribution in [-0.2, 0) is 6.42 Å². The van der Waals surface area contributed by atoms with Gasteiger partial charge in [-0.1, -0.05) is 19.1 Å². The van der Waals surface area contributed by atoms with Crippen LogP contribution in [-0.4, -0.2) is 5.78 Å². The molecule has 1 aromatic rings. The molecule has 0 heterocycles. The highest BCUT2D eigenvalue weighted by Crippen LogP contribution is 2.19. The van der Waals surface area contributed by atoms with Crippen LogP contribution in [0.5, 0.6) is 0 Å². The molecular formula is C12H13NO. The van der Waals surface area contributed by atoms with Gasteiger partial charge in [0, 0.05) is 5.56 Å². The number of hydrogen-bond acceptors (Lipinski definition) is 2. The number of ketones is 1. The maximum Gasteiger partial charge on any atom is 0.161 e. The lowest BCUT2D eigenvalue weighted by Crippen LogP contribution is -2.03. The highest BCUT2D eigenvalue weighted by molar-refractivity contribution is 5.98. The Morgan fingerprint density at radius 1 is 1.50 bits per heavy atom. The highest BCUT2D eigenvalue weighted by atomic mass is 16.1. The molecule has 0 aliphatic carbocycles. The van der Waals surface area contributed by atoms with Crippen molar-refractivity contribution in [2.24, 2.45) is 0 Å². The van der Waals surface area contributed by atoms with E-state index in [0.717, 1.165) is 17.5 Å². The number of nitriles is 1. The lowest BCUT2D eigenvalue weighted by molar-refractivity contribution is 0.101. The van der Waals surface area contributed by atoms with E-state index in [1.807, 2.05) is 26.0 Å². The lowest BCUT2D eigenvalue weighted by Gasteiger charge is -2.08. The SMILES string of the molecule is CCc1ccc(C)c(C(C)=O)c1C#N. The predicted molar refractivity (Wildman–Crippen MR) is 55.3 cm³/mol. The van der Waals surface area contributed by atoms with Gasteiger partial charge in [-0.25, -0.2) is 0 Å². The smallest absolute Gasteiger partial charge is 0.161 e. The number of carbonyl (C=O) groups excluding carboxylic acids is 1. The minimum Gasteiger partial charge on any atom is -0.294 e. The van der Waals surface area contributed by atoms with E-state index in [1.54, 1.807) is 0 Å². The van der Waals surface area contributed by atoms with Crippen molar-refractivity contribution in [1.29, 1.82) is 5.26 Å². The van der Waals surface area contributed by atoms with Crippen LogP contribution >= 0.6 is 0 Å². The molecule has 1 rings (SSSR count). The standard InChI is InChI=1S/C12H13NO/c1-4-10-6-5-8(2)12(9(3)14)11(10)7-13/h5-6H,4H2,1-3H3. The van der Waals surface area contributed by atoms with Gasteiger partial charge in [-0.15, -0.1) is 0 Å². The van der Waals surface area contributed by atoms with E-state index in [1.165, 1.54) is 6.92 Å². The fourth-order valence-electron chi connectivity index (χ4n) is 1.63. The quantitative estimate of drug-likeness (QED) is 0.668. The van der Waals surface area contributed by atoms with Crippen LogP contribution in [0.15, 0.2) is 12.1 Å². The summed E-state index contributed by atoms with van der Waals surface area (Å²) in [5.74, 6) is -0.0330. The van der Waals surface area contributed by atoms with Crippen molar-refractivity contribution in [1.82, 2.24) is 0 Å². The number of Topliss-reactive ketones (excluding diaryl/α,β-unsaturated/α-hetero) is 1. The Labute approximate surface area is 84.2 Å². The molecule has 14 heavy (non-hydrogen) atoms. The molecular weight excluding hydrogens is 174 g/mol. The van der Waals surface area contributed by atoms with Crippen molar-refractivity contribution < 1.29 is 4.79 Å². The third-order valence-corrected chi connectivity index (χ3v) is 2.34. The van der Waals surface area contributed by atoms with Crippen LogP contribution in [0, 0.1) is 18.3 Å². The number of rotatable bonds is 2. The maximum absolute atomic E-state index is 11.4. The summed E-state index contributed by atoms with van der Waals surface area (Å²) in [6.45, 7) is 5.34. The molecule has 2 heteroatoms. The Bertz CT molecular complexity index is 413. The average molecular weight is 187 g/mol. The molecule has 72 valence electrons. The second kappa shape index (κ2) is 4.06. The molecule has 0 aliphatic heterocycles. The Hall–Kier alpha value is -1.62. The van der Waals surface area contributed by atoms with Crippen molar-refractivity contribution in [2.45, 2.75) is 27.2 Å². The summed E-state index contributed by atoms with van der Waals surface area (Å²) in [4.78, 5) is 11.4. The molecule has 0 radical (unpaired) electrons. The number of hydrogen-bond donors (Lipinski definition) is 0. The van der Waals surface area contributed by atoms with Crippen LogP contribution < -0.4 is 0 Å². The second-order valence-electron chi connectivity index (χ2n) is 3.31. The molecule has 0 saturated carbocycles. The van der Waals surface area contributed by atoms with E-state index in [-0.39, 0.29) is 5.78 Å². The van der Waals surface area contributed by atoms with Crippen LogP contribution in [0.2, 0.25) is 0 Å². The molecule has 0 fully saturated rings. The third kappa shape index (κ3) is 1.67. The molecule has 0 unspecified atom stereocenters. The van der Waals surface area contributed by atoms with Crippen molar-refractivity contribution in [3.05, 3.63) is 34.4 Å². The van der Waals surface area contributed by atoms with Crippen LogP contribution in [0.3, 0.4) is 0 Å². The Morgan fingerprint density at radius 2 is 2.14 bits per heavy atom. The van der Waals surface area contributed by atoms with Crippen LogP contribution in [0.4, 0.5) is 0 Å². The van der Waals surface area contributed by atoms with Gasteiger partial charge in [0.15, 0.2) is 5.78 Å². The van der Waals surface area contributed by atoms with E-state index < -0.39 is 0 Å². The minimum absolute atomic E-state index is 0.0330. The van der Waals surface area contributed by atoms with Gasteiger partial charge >= 0.3 is 0 Å². The fraction of sp³-hybridized carbons (Fsp3) is 0.333. The van der Waals surface area contributed by atoms with E-state index in [0.29, 0.717) is 11.1 Å². The van der Waals surface area contributed by atoms with Gasteiger partial charge in [0.25, 0.3) is 0 Å². The number of benzene rings is 1. The summed E-state index contributed by atoms with van der Waals surface area (Å²) >= 11 is 0. The molecule has 0 bridgehead atoms. The van der Waals surface area contributed by atoms with E-state index in [4.69, 9.17) is 5.26 Å². The predicted octanol–water partition coefficient (Wildman–Crippen LogP) is 2.63. The van der Waals surface area contributed by atoms with E-state index in [2.05, 4.69) is 6.07 Å². The zero-order valence-corrected chi connectivity index (χ0v) is 8.72. The van der Waals surface area contributed by atoms with E-state index in [9.17, 15) is 4.79 Å². The summed E-state index contributed by atoms with van der Waals surface area (Å²) < 4.78 is 0. The van der Waals surface area contributed by atoms with Gasteiger partial charge in [0.05, 0.1) is 5.56 Å². The molecule has 0 N–H and O–H groups in total. The number of aryl methyl sites for hydroxylation is 2. The van der Waals surface area contributed by atoms with Crippen molar-refractivity contribution >= 4 is 5.78 Å². The highest BCUT2D eigenvalue weighted by Gasteiger charge is 2.13. The molecule has 0 aliphatic rings. The van der Waals surface area contributed by atoms with Crippen LogP contribution in [0.25, 0.3) is 0 Å². The topological polar surface area (TPSA) is 40.9 Å². The zero-order chi connectivity index (χ0) is 10.7. The van der Waals surface area contributed by atoms with Gasteiger partial charge in [0.1, 0.15) is 6.07 Å². The summed E-state index contributed by atoms with van der Waals surface area (Å²) in [5.41, 5.74) is 2.95. The molecule has 0 atom stereocenters. The normalized spacial score (nSPS) is 9.57. The zero-order valence-electron chi connectivity index (χ0n) is 8.72. The largest absolute Gasteiger partial charge is 0.294 e. The summed E-state index contributed by atoms with van der Waals surface area (Å²) in [6.07, 6.45) is 0.781. The second-order valence-corrected chi connectivity index (χ2v) is 3.31. The van der Waals surface area contributed by atoms with Crippen molar-refractivity contribution in [3.8, 4) is 6.07 Å². The molecule has 1 aromatic carbocycles. The first-order valence-corrected chi connectivity index (χ1v) is 4.65. The van der Waals surface area contributed by atoms with Gasteiger partial charge in [0.2, 0.25) is 0 Å². The summed E-state index contributed by atoms with van der Waals surface area (Å²) in [5, 5.41) is 9.00. The van der Waals surface area contributed by atoms with Gasteiger partial charge in [-0.2, -0.15) is 5.26 Å². The molecule has 0 amide bonds. The minimum atomic E-state index is -0.0330. The Kier molecular flexibility index (Phi) is 3.03. The molecule has 2 nitrogen and oxygen atoms in total. The van der Waals surface area contributed by atoms with Crippen LogP contribution in [0.1, 0.15) is 40.9 Å². The Morgan fingerprint density at radius 3 is 2.57 bits per heavy atom. The first-order chi connectivity index (χ1) is 6.61. The third-order valence-electron chi connectivity index (χ3n) is 2.34. The molecule has 0 aromatic heterocycles. The number of carbonyl (C=O) groups is 1. The van der Waals surface area contributed by atoms with E-state index >= 15 is 0 Å². The van der Waals surface area contributed by atoms with Crippen molar-refractivity contribution in [3.63, 3.8) is 0 Å².